The first-order valence-electron chi connectivity index (χ1n) is 8.41. The van der Waals surface area contributed by atoms with Crippen molar-refractivity contribution in [2.75, 3.05) is 25.2 Å². The Labute approximate surface area is 152 Å². The van der Waals surface area contributed by atoms with E-state index >= 15 is 0 Å². The molecule has 2 amide bonds. The van der Waals surface area contributed by atoms with Crippen molar-refractivity contribution in [3.05, 3.63) is 48.2 Å². The third-order valence-electron chi connectivity index (χ3n) is 4.71. The zero-order chi connectivity index (χ0) is 18.7. The number of benzene rings is 1. The molecule has 1 aromatic heterocycles. The Bertz CT molecular complexity index is 789. The van der Waals surface area contributed by atoms with Crippen molar-refractivity contribution in [1.29, 1.82) is 0 Å². The van der Waals surface area contributed by atoms with Crippen LogP contribution in [-0.2, 0) is 9.59 Å². The molecule has 136 valence electrons. The van der Waals surface area contributed by atoms with Crippen molar-refractivity contribution in [3.8, 4) is 5.75 Å². The fraction of sp³-hybridized carbons (Fsp3) is 0.316. The number of aromatic nitrogens is 1. The largest absolute Gasteiger partial charge is 0.497 e. The van der Waals surface area contributed by atoms with Gasteiger partial charge < -0.3 is 20.7 Å². The van der Waals surface area contributed by atoms with Gasteiger partial charge in [-0.15, -0.1) is 0 Å². The molecule has 0 aliphatic carbocycles. The maximum atomic E-state index is 12.9. The quantitative estimate of drug-likeness (QED) is 0.877. The Morgan fingerprint density at radius 1 is 1.27 bits per heavy atom. The number of hydrogen-bond acceptors (Lipinski definition) is 5. The molecule has 7 heteroatoms. The number of carbonyl (C=O) groups excluding carboxylic acids is 2. The number of likely N-dealkylation sites (tertiary alicyclic amines) is 1. The van der Waals surface area contributed by atoms with E-state index in [-0.39, 0.29) is 23.8 Å². The van der Waals surface area contributed by atoms with Crippen molar-refractivity contribution < 1.29 is 14.3 Å². The van der Waals surface area contributed by atoms with E-state index < -0.39 is 0 Å². The molecule has 2 unspecified atom stereocenters. The molecule has 2 aromatic rings. The number of methoxy groups -OCH3 is 1. The van der Waals surface area contributed by atoms with E-state index in [2.05, 4.69) is 10.3 Å². The molecule has 0 saturated carbocycles. The molecule has 2 atom stereocenters. The molecule has 0 radical (unpaired) electrons. The van der Waals surface area contributed by atoms with Crippen LogP contribution in [0, 0.1) is 5.92 Å². The lowest BCUT2D eigenvalue weighted by Gasteiger charge is -2.38. The molecule has 0 spiro atoms. The lowest BCUT2D eigenvalue weighted by molar-refractivity contribution is -0.140. The van der Waals surface area contributed by atoms with Gasteiger partial charge in [-0.2, -0.15) is 0 Å². The number of nitrogen functional groups attached to an aromatic ring is 1. The number of pyridine rings is 1. The van der Waals surface area contributed by atoms with Gasteiger partial charge in [0.2, 0.25) is 11.8 Å². The summed E-state index contributed by atoms with van der Waals surface area (Å²) in [6, 6.07) is 10.5. The average molecular weight is 354 g/mol. The van der Waals surface area contributed by atoms with Gasteiger partial charge in [-0.3, -0.25) is 9.59 Å². The normalized spacial score (nSPS) is 19.9. The van der Waals surface area contributed by atoms with E-state index in [1.807, 2.05) is 24.3 Å². The number of nitrogens with zero attached hydrogens (tertiary/aromatic N) is 2. The van der Waals surface area contributed by atoms with E-state index in [0.717, 1.165) is 11.3 Å². The molecule has 0 bridgehead atoms. The van der Waals surface area contributed by atoms with Gasteiger partial charge in [0, 0.05) is 13.5 Å². The van der Waals surface area contributed by atoms with Crippen molar-refractivity contribution in [2.45, 2.75) is 18.9 Å². The summed E-state index contributed by atoms with van der Waals surface area (Å²) < 4.78 is 5.19. The molecular formula is C19H22N4O3. The number of nitrogens with two attached hydrogens (primary N) is 1. The number of piperidine rings is 1. The Morgan fingerprint density at radius 2 is 2.00 bits per heavy atom. The van der Waals surface area contributed by atoms with Crippen LogP contribution in [0.25, 0.3) is 0 Å². The van der Waals surface area contributed by atoms with Crippen molar-refractivity contribution >= 4 is 23.3 Å². The first-order chi connectivity index (χ1) is 12.5. The van der Waals surface area contributed by atoms with Gasteiger partial charge in [0.1, 0.15) is 11.6 Å². The Morgan fingerprint density at radius 3 is 2.62 bits per heavy atom. The third kappa shape index (κ3) is 3.61. The number of ether oxygens (including phenoxy) is 1. The van der Waals surface area contributed by atoms with Crippen LogP contribution in [0.15, 0.2) is 42.6 Å². The molecule has 1 aliphatic heterocycles. The van der Waals surface area contributed by atoms with Crippen LogP contribution >= 0.6 is 0 Å². The minimum Gasteiger partial charge on any atom is -0.497 e. The van der Waals surface area contributed by atoms with Gasteiger partial charge in [-0.25, -0.2) is 4.98 Å². The zero-order valence-corrected chi connectivity index (χ0v) is 14.8. The van der Waals surface area contributed by atoms with Crippen molar-refractivity contribution in [3.63, 3.8) is 0 Å². The summed E-state index contributed by atoms with van der Waals surface area (Å²) in [5, 5.41) is 2.88. The van der Waals surface area contributed by atoms with Gasteiger partial charge in [0.05, 0.1) is 31.0 Å². The average Bonchev–Trinajstić information content (AvgIpc) is 2.65. The Balaban J connectivity index is 1.85. The van der Waals surface area contributed by atoms with Crippen LogP contribution in [-0.4, -0.2) is 35.9 Å². The second-order valence-electron chi connectivity index (χ2n) is 6.33. The molecular weight excluding hydrogens is 332 g/mol. The van der Waals surface area contributed by atoms with E-state index in [9.17, 15) is 9.59 Å². The number of nitrogens with one attached hydrogen (secondary N) is 1. The molecule has 3 rings (SSSR count). The Kier molecular flexibility index (Phi) is 5.06. The summed E-state index contributed by atoms with van der Waals surface area (Å²) in [5.41, 5.74) is 7.06. The molecule has 2 heterocycles. The highest BCUT2D eigenvalue weighted by atomic mass is 16.5. The molecule has 1 saturated heterocycles. The predicted molar refractivity (Wildman–Crippen MR) is 98.5 cm³/mol. The van der Waals surface area contributed by atoms with Gasteiger partial charge in [0.15, 0.2) is 0 Å². The van der Waals surface area contributed by atoms with Crippen molar-refractivity contribution in [2.24, 2.45) is 5.92 Å². The van der Waals surface area contributed by atoms with Gasteiger partial charge in [-0.05, 0) is 36.2 Å². The summed E-state index contributed by atoms with van der Waals surface area (Å²) in [5.74, 6) is 0.652. The first kappa shape index (κ1) is 17.7. The van der Waals surface area contributed by atoms with Crippen LogP contribution in [0.4, 0.5) is 11.5 Å². The zero-order valence-electron chi connectivity index (χ0n) is 14.8. The minimum atomic E-state index is -0.358. The molecule has 7 nitrogen and oxygen atoms in total. The summed E-state index contributed by atoms with van der Waals surface area (Å²) in [7, 11) is 3.34. The summed E-state index contributed by atoms with van der Waals surface area (Å²) in [6.07, 6.45) is 2.36. The number of hydrogen-bond donors (Lipinski definition) is 2. The molecule has 26 heavy (non-hydrogen) atoms. The highest BCUT2D eigenvalue weighted by Gasteiger charge is 2.38. The Hall–Kier alpha value is -3.09. The highest BCUT2D eigenvalue weighted by Crippen LogP contribution is 2.37. The van der Waals surface area contributed by atoms with Crippen molar-refractivity contribution in [1.82, 2.24) is 9.88 Å². The smallest absolute Gasteiger partial charge is 0.229 e. The summed E-state index contributed by atoms with van der Waals surface area (Å²) in [6.45, 7) is 0. The number of amides is 2. The van der Waals surface area contributed by atoms with Crippen LogP contribution < -0.4 is 15.8 Å². The fourth-order valence-corrected chi connectivity index (χ4v) is 3.28. The number of rotatable bonds is 4. The molecule has 1 fully saturated rings. The summed E-state index contributed by atoms with van der Waals surface area (Å²) in [4.78, 5) is 30.7. The lowest BCUT2D eigenvalue weighted by Crippen LogP contribution is -2.44. The SMILES string of the molecule is COc1ccc(C2C(C(=O)Nc3ccc(N)nc3)CCC(=O)N2C)cc1. The fourth-order valence-electron chi connectivity index (χ4n) is 3.28. The first-order valence-corrected chi connectivity index (χ1v) is 8.41. The van der Waals surface area contributed by atoms with Gasteiger partial charge >= 0.3 is 0 Å². The predicted octanol–water partition coefficient (Wildman–Crippen LogP) is 2.22. The van der Waals surface area contributed by atoms with E-state index in [1.54, 1.807) is 31.2 Å². The number of anilines is 2. The summed E-state index contributed by atoms with van der Waals surface area (Å²) >= 11 is 0. The van der Waals surface area contributed by atoms with Gasteiger partial charge in [0.25, 0.3) is 0 Å². The number of carbonyl (C=O) groups is 2. The van der Waals surface area contributed by atoms with E-state index in [4.69, 9.17) is 10.5 Å². The van der Waals surface area contributed by atoms with Crippen LogP contribution in [0.2, 0.25) is 0 Å². The minimum absolute atomic E-state index is 0.0315. The monoisotopic (exact) mass is 354 g/mol. The van der Waals surface area contributed by atoms with E-state index in [0.29, 0.717) is 24.3 Å². The lowest BCUT2D eigenvalue weighted by atomic mass is 9.84. The maximum Gasteiger partial charge on any atom is 0.229 e. The van der Waals surface area contributed by atoms with Crippen LogP contribution in [0.5, 0.6) is 5.75 Å². The van der Waals surface area contributed by atoms with Crippen LogP contribution in [0.3, 0.4) is 0 Å². The molecule has 1 aromatic carbocycles. The second-order valence-corrected chi connectivity index (χ2v) is 6.33. The molecule has 1 aliphatic rings. The third-order valence-corrected chi connectivity index (χ3v) is 4.71. The second kappa shape index (κ2) is 7.43. The highest BCUT2D eigenvalue weighted by molar-refractivity contribution is 5.94. The van der Waals surface area contributed by atoms with E-state index in [1.165, 1.54) is 6.20 Å². The standard InChI is InChI=1S/C19H22N4O3/c1-23-17(24)10-8-15(18(23)12-3-6-14(26-2)7-4-12)19(25)22-13-5-9-16(20)21-11-13/h3-7,9,11,15,18H,8,10H2,1-2H3,(H2,20,21)(H,22,25). The molecule has 3 N–H and O–H groups in total. The maximum absolute atomic E-state index is 12.9. The topological polar surface area (TPSA) is 97.5 Å². The van der Waals surface area contributed by atoms with Crippen LogP contribution in [0.1, 0.15) is 24.4 Å². The van der Waals surface area contributed by atoms with Gasteiger partial charge in [-0.1, -0.05) is 12.1 Å².